The van der Waals surface area contributed by atoms with Gasteiger partial charge in [-0.15, -0.1) is 10.2 Å². The Morgan fingerprint density at radius 3 is 2.61 bits per heavy atom. The molecule has 0 saturated carbocycles. The van der Waals surface area contributed by atoms with Crippen LogP contribution in [0.5, 0.6) is 0 Å². The lowest BCUT2D eigenvalue weighted by Gasteiger charge is -2.05. The molecule has 0 aliphatic carbocycles. The van der Waals surface area contributed by atoms with Gasteiger partial charge in [0.05, 0.1) is 11.3 Å². The normalized spacial score (nSPS) is 10.3. The van der Waals surface area contributed by atoms with Gasteiger partial charge in [0.15, 0.2) is 8.68 Å². The number of aromatic nitrogens is 3. The van der Waals surface area contributed by atoms with Crippen molar-refractivity contribution in [2.75, 3.05) is 6.26 Å². The Hall–Kier alpha value is -1.10. The van der Waals surface area contributed by atoms with Gasteiger partial charge in [-0.1, -0.05) is 34.9 Å². The van der Waals surface area contributed by atoms with Gasteiger partial charge in [-0.3, -0.25) is 4.98 Å². The molecule has 2 heterocycles. The molecule has 0 aromatic carbocycles. The van der Waals surface area contributed by atoms with Gasteiger partial charge >= 0.3 is 0 Å². The molecular weight excluding hydrogens is 284 g/mol. The Kier molecular flexibility index (Phi) is 4.22. The van der Waals surface area contributed by atoms with Crippen LogP contribution in [-0.4, -0.2) is 21.4 Å². The minimum atomic E-state index is 0.617. The van der Waals surface area contributed by atoms with E-state index in [1.54, 1.807) is 11.8 Å². The topological polar surface area (TPSA) is 62.5 Å². The van der Waals surface area contributed by atoms with E-state index in [4.69, 9.17) is 0 Å². The predicted molar refractivity (Wildman–Crippen MR) is 74.2 cm³/mol. The number of rotatable bonds is 3. The summed E-state index contributed by atoms with van der Waals surface area (Å²) >= 11 is 4.58. The highest BCUT2D eigenvalue weighted by molar-refractivity contribution is 8.03. The zero-order valence-corrected chi connectivity index (χ0v) is 12.5. The molecule has 2 aromatic heterocycles. The van der Waals surface area contributed by atoms with E-state index in [9.17, 15) is 5.26 Å². The molecule has 0 atom stereocenters. The molecule has 7 heteroatoms. The maximum atomic E-state index is 9.18. The molecular formula is C11H10N4S3. The third-order valence-corrected chi connectivity index (χ3v) is 5.16. The van der Waals surface area contributed by atoms with Crippen molar-refractivity contribution in [2.24, 2.45) is 0 Å². The molecule has 0 saturated heterocycles. The quantitative estimate of drug-likeness (QED) is 0.809. The van der Waals surface area contributed by atoms with E-state index >= 15 is 0 Å². The highest BCUT2D eigenvalue weighted by atomic mass is 32.2. The van der Waals surface area contributed by atoms with Crippen molar-refractivity contribution in [1.29, 1.82) is 5.26 Å². The van der Waals surface area contributed by atoms with E-state index < -0.39 is 0 Å². The van der Waals surface area contributed by atoms with E-state index in [0.29, 0.717) is 5.56 Å². The fourth-order valence-corrected chi connectivity index (χ4v) is 4.06. The van der Waals surface area contributed by atoms with Crippen molar-refractivity contribution in [1.82, 2.24) is 15.2 Å². The number of hydrogen-bond donors (Lipinski definition) is 0. The fourth-order valence-electron chi connectivity index (χ4n) is 1.42. The van der Waals surface area contributed by atoms with E-state index in [1.807, 2.05) is 26.2 Å². The lowest BCUT2D eigenvalue weighted by Crippen LogP contribution is -1.93. The van der Waals surface area contributed by atoms with Gasteiger partial charge in [0.1, 0.15) is 6.07 Å². The molecule has 0 fully saturated rings. The number of pyridine rings is 1. The van der Waals surface area contributed by atoms with Gasteiger partial charge < -0.3 is 0 Å². The predicted octanol–water partition coefficient (Wildman–Crippen LogP) is 3.29. The van der Waals surface area contributed by atoms with Crippen LogP contribution in [0.1, 0.15) is 17.0 Å². The molecule has 0 N–H and O–H groups in total. The van der Waals surface area contributed by atoms with Crippen LogP contribution in [-0.2, 0) is 0 Å². The summed E-state index contributed by atoms with van der Waals surface area (Å²) in [5.41, 5.74) is 2.28. The minimum absolute atomic E-state index is 0.617. The molecule has 0 unspecified atom stereocenters. The van der Waals surface area contributed by atoms with E-state index in [0.717, 1.165) is 25.0 Å². The fraction of sp³-hybridized carbons (Fsp3) is 0.273. The Labute approximate surface area is 118 Å². The number of hydrogen-bond acceptors (Lipinski definition) is 7. The highest BCUT2D eigenvalue weighted by Crippen LogP contribution is 2.35. The number of aryl methyl sites for hydroxylation is 2. The number of nitriles is 1. The molecule has 0 spiro atoms. The number of thioether (sulfide) groups is 1. The zero-order chi connectivity index (χ0) is 13.1. The van der Waals surface area contributed by atoms with E-state index in [2.05, 4.69) is 21.3 Å². The van der Waals surface area contributed by atoms with Crippen LogP contribution in [0.2, 0.25) is 0 Å². The monoisotopic (exact) mass is 294 g/mol. The Bertz CT molecular complexity index is 615. The van der Waals surface area contributed by atoms with Gasteiger partial charge in [0.2, 0.25) is 0 Å². The molecule has 0 aliphatic rings. The van der Waals surface area contributed by atoms with Gasteiger partial charge in [0.25, 0.3) is 0 Å². The molecule has 0 aliphatic heterocycles. The smallest absolute Gasteiger partial charge is 0.179 e. The molecule has 2 aromatic rings. The van der Waals surface area contributed by atoms with Gasteiger partial charge in [-0.05, 0) is 26.2 Å². The molecule has 0 bridgehead atoms. The third kappa shape index (κ3) is 2.83. The van der Waals surface area contributed by atoms with Crippen LogP contribution in [0.25, 0.3) is 0 Å². The summed E-state index contributed by atoms with van der Waals surface area (Å²) in [4.78, 5) is 5.19. The first-order valence-corrected chi connectivity index (χ1v) is 7.93. The van der Waals surface area contributed by atoms with Crippen molar-refractivity contribution in [3.63, 3.8) is 0 Å². The second-order valence-corrected chi connectivity index (χ2v) is 6.79. The SMILES string of the molecule is CSc1nnc(Sc2cc(C)nc(C)c2C#N)s1. The summed E-state index contributed by atoms with van der Waals surface area (Å²) < 4.78 is 1.78. The molecule has 0 amide bonds. The molecule has 18 heavy (non-hydrogen) atoms. The Morgan fingerprint density at radius 1 is 1.28 bits per heavy atom. The van der Waals surface area contributed by atoms with Crippen LogP contribution in [0.4, 0.5) is 0 Å². The second kappa shape index (κ2) is 5.69. The average Bonchev–Trinajstić information content (AvgIpc) is 2.76. The summed E-state index contributed by atoms with van der Waals surface area (Å²) in [6, 6.07) is 4.11. The van der Waals surface area contributed by atoms with Crippen LogP contribution < -0.4 is 0 Å². The van der Waals surface area contributed by atoms with E-state index in [-0.39, 0.29) is 0 Å². The summed E-state index contributed by atoms with van der Waals surface area (Å²) in [5.74, 6) is 0. The van der Waals surface area contributed by atoms with Crippen LogP contribution >= 0.6 is 34.9 Å². The van der Waals surface area contributed by atoms with Crippen molar-refractivity contribution >= 4 is 34.9 Å². The lowest BCUT2D eigenvalue weighted by molar-refractivity contribution is 0.954. The van der Waals surface area contributed by atoms with Crippen molar-refractivity contribution < 1.29 is 0 Å². The standard InChI is InChI=1S/C11H10N4S3/c1-6-4-9(8(5-12)7(2)13-6)17-11-15-14-10(16-3)18-11/h4H,1-3H3. The second-order valence-electron chi connectivity index (χ2n) is 3.47. The summed E-state index contributed by atoms with van der Waals surface area (Å²) in [7, 11) is 0. The Morgan fingerprint density at radius 2 is 2.00 bits per heavy atom. The number of nitrogens with zero attached hydrogens (tertiary/aromatic N) is 4. The molecule has 0 radical (unpaired) electrons. The minimum Gasteiger partial charge on any atom is -0.257 e. The summed E-state index contributed by atoms with van der Waals surface area (Å²) in [5, 5.41) is 17.3. The first-order chi connectivity index (χ1) is 8.63. The largest absolute Gasteiger partial charge is 0.257 e. The summed E-state index contributed by atoms with van der Waals surface area (Å²) in [6.07, 6.45) is 1.97. The van der Waals surface area contributed by atoms with Crippen molar-refractivity contribution in [2.45, 2.75) is 27.4 Å². The summed E-state index contributed by atoms with van der Waals surface area (Å²) in [6.45, 7) is 3.77. The maximum Gasteiger partial charge on any atom is 0.179 e. The highest BCUT2D eigenvalue weighted by Gasteiger charge is 2.12. The van der Waals surface area contributed by atoms with Gasteiger partial charge in [-0.25, -0.2) is 0 Å². The van der Waals surface area contributed by atoms with Crippen LogP contribution in [0.3, 0.4) is 0 Å². The average molecular weight is 294 g/mol. The van der Waals surface area contributed by atoms with Gasteiger partial charge in [-0.2, -0.15) is 5.26 Å². The van der Waals surface area contributed by atoms with Crippen LogP contribution in [0, 0.1) is 25.2 Å². The van der Waals surface area contributed by atoms with Crippen molar-refractivity contribution in [3.05, 3.63) is 23.0 Å². The first-order valence-electron chi connectivity index (χ1n) is 5.07. The third-order valence-electron chi connectivity index (χ3n) is 2.16. The van der Waals surface area contributed by atoms with Crippen LogP contribution in [0.15, 0.2) is 19.6 Å². The van der Waals surface area contributed by atoms with E-state index in [1.165, 1.54) is 23.1 Å². The molecule has 2 rings (SSSR count). The Balaban J connectivity index is 2.36. The molecule has 4 nitrogen and oxygen atoms in total. The molecule has 92 valence electrons. The van der Waals surface area contributed by atoms with Crippen molar-refractivity contribution in [3.8, 4) is 6.07 Å². The maximum absolute atomic E-state index is 9.18. The first kappa shape index (κ1) is 13.3. The lowest BCUT2D eigenvalue weighted by atomic mass is 10.2. The van der Waals surface area contributed by atoms with Gasteiger partial charge in [0, 0.05) is 10.6 Å². The zero-order valence-electron chi connectivity index (χ0n) is 10.1.